The zero-order valence-electron chi connectivity index (χ0n) is 16.1. The molecule has 1 aliphatic heterocycles. The molecule has 0 amide bonds. The Morgan fingerprint density at radius 2 is 1.30 bits per heavy atom. The van der Waals surface area contributed by atoms with Gasteiger partial charge in [-0.1, -0.05) is 66.7 Å². The summed E-state index contributed by atoms with van der Waals surface area (Å²) in [5.41, 5.74) is 5.49. The zero-order valence-corrected chi connectivity index (χ0v) is 16.1. The second-order valence-corrected chi connectivity index (χ2v) is 7.85. The molecule has 27 heavy (non-hydrogen) atoms. The molecule has 1 aliphatic rings. The number of rotatable bonds is 1. The summed E-state index contributed by atoms with van der Waals surface area (Å²) in [4.78, 5) is 0. The van der Waals surface area contributed by atoms with E-state index in [1.54, 1.807) is 0 Å². The molecule has 0 spiro atoms. The maximum absolute atomic E-state index is 2.49. The fourth-order valence-corrected chi connectivity index (χ4v) is 4.62. The number of fused-ring (bicyclic) bond motifs is 7. The first-order valence-corrected chi connectivity index (χ1v) is 9.81. The molecule has 5 rings (SSSR count). The van der Waals surface area contributed by atoms with E-state index in [1.165, 1.54) is 43.8 Å². The highest BCUT2D eigenvalue weighted by Crippen LogP contribution is 2.43. The predicted octanol–water partition coefficient (Wildman–Crippen LogP) is 6.57. The largest absolute Gasteiger partial charge is 0.227 e. The Bertz CT molecular complexity index is 1210. The lowest BCUT2D eigenvalue weighted by atomic mass is 9.86. The molecule has 132 valence electrons. The van der Waals surface area contributed by atoms with E-state index in [0.717, 1.165) is 0 Å². The zero-order chi connectivity index (χ0) is 18.5. The van der Waals surface area contributed by atoms with E-state index in [9.17, 15) is 0 Å². The molecule has 4 aromatic rings. The van der Waals surface area contributed by atoms with Gasteiger partial charge in [0.15, 0.2) is 12.3 Å². The van der Waals surface area contributed by atoms with Crippen LogP contribution in [0.25, 0.3) is 32.7 Å². The molecule has 1 atom stereocenters. The topological polar surface area (TPSA) is 3.01 Å². The van der Waals surface area contributed by atoms with Gasteiger partial charge < -0.3 is 0 Å². The van der Waals surface area contributed by atoms with Crippen molar-refractivity contribution in [3.05, 3.63) is 83.9 Å². The van der Waals surface area contributed by atoms with Crippen LogP contribution in [0.1, 0.15) is 37.9 Å². The summed E-state index contributed by atoms with van der Waals surface area (Å²) >= 11 is 0. The molecule has 0 radical (unpaired) electrons. The van der Waals surface area contributed by atoms with E-state index in [0.29, 0.717) is 12.1 Å². The second-order valence-electron chi connectivity index (χ2n) is 7.85. The van der Waals surface area contributed by atoms with Gasteiger partial charge in [0.2, 0.25) is 0 Å². The van der Waals surface area contributed by atoms with Gasteiger partial charge in [0.1, 0.15) is 6.04 Å². The van der Waals surface area contributed by atoms with Crippen molar-refractivity contribution in [2.75, 3.05) is 0 Å². The number of hydrogen-bond acceptors (Lipinski definition) is 0. The van der Waals surface area contributed by atoms with E-state index in [2.05, 4.69) is 104 Å². The van der Waals surface area contributed by atoms with Crippen LogP contribution < -0.4 is 0 Å². The van der Waals surface area contributed by atoms with Crippen LogP contribution in [0, 0.1) is 0 Å². The summed E-state index contributed by atoms with van der Waals surface area (Å²) in [6.07, 6.45) is 2.37. The third-order valence-corrected chi connectivity index (χ3v) is 5.95. The SMILES string of the molecule is CC(C)[N+]1=Cc2ccc3ccccc3c2-c2c(ccc3ccccc23)[C@H]1C. The Morgan fingerprint density at radius 3 is 1.96 bits per heavy atom. The van der Waals surface area contributed by atoms with Crippen molar-refractivity contribution in [3.63, 3.8) is 0 Å². The van der Waals surface area contributed by atoms with Crippen molar-refractivity contribution < 1.29 is 4.58 Å². The molecular weight excluding hydrogens is 326 g/mol. The summed E-state index contributed by atoms with van der Waals surface area (Å²) in [5.74, 6) is 0. The molecule has 0 fully saturated rings. The third kappa shape index (κ3) is 2.42. The Balaban J connectivity index is 2.02. The molecule has 0 unspecified atom stereocenters. The smallest absolute Gasteiger partial charge is 0.176 e. The normalized spacial score (nSPS) is 16.1. The van der Waals surface area contributed by atoms with Crippen LogP contribution in [0.5, 0.6) is 0 Å². The molecule has 0 aliphatic carbocycles. The van der Waals surface area contributed by atoms with E-state index in [-0.39, 0.29) is 0 Å². The van der Waals surface area contributed by atoms with Gasteiger partial charge in [-0.15, -0.1) is 0 Å². The Morgan fingerprint density at radius 1 is 0.704 bits per heavy atom. The monoisotopic (exact) mass is 350 g/mol. The quantitative estimate of drug-likeness (QED) is 0.341. The van der Waals surface area contributed by atoms with Crippen molar-refractivity contribution in [3.8, 4) is 11.1 Å². The molecular formula is C26H24N+. The van der Waals surface area contributed by atoms with Crippen LogP contribution in [0.4, 0.5) is 0 Å². The van der Waals surface area contributed by atoms with Crippen LogP contribution in [0.3, 0.4) is 0 Å². The fraction of sp³-hybridized carbons (Fsp3) is 0.192. The van der Waals surface area contributed by atoms with Crippen LogP contribution in [0.2, 0.25) is 0 Å². The highest BCUT2D eigenvalue weighted by Gasteiger charge is 2.30. The summed E-state index contributed by atoms with van der Waals surface area (Å²) in [6.45, 7) is 6.89. The average molecular weight is 350 g/mol. The molecule has 0 saturated heterocycles. The molecule has 0 bridgehead atoms. The number of nitrogens with zero attached hydrogens (tertiary/aromatic N) is 1. The second kappa shape index (κ2) is 6.06. The van der Waals surface area contributed by atoms with Gasteiger partial charge in [0.05, 0.1) is 0 Å². The van der Waals surface area contributed by atoms with Gasteiger partial charge in [-0.3, -0.25) is 0 Å². The minimum absolute atomic E-state index is 0.329. The first-order valence-electron chi connectivity index (χ1n) is 9.81. The summed E-state index contributed by atoms with van der Waals surface area (Å²) in [5, 5.41) is 5.29. The third-order valence-electron chi connectivity index (χ3n) is 5.95. The molecule has 0 saturated carbocycles. The van der Waals surface area contributed by atoms with Crippen molar-refractivity contribution in [2.45, 2.75) is 32.9 Å². The minimum atomic E-state index is 0.329. The summed E-state index contributed by atoms with van der Waals surface area (Å²) in [7, 11) is 0. The number of hydrogen-bond donors (Lipinski definition) is 0. The van der Waals surface area contributed by atoms with Crippen molar-refractivity contribution in [2.24, 2.45) is 0 Å². The lowest BCUT2D eigenvalue weighted by Gasteiger charge is -2.18. The molecule has 1 heteroatoms. The number of benzene rings is 4. The lowest BCUT2D eigenvalue weighted by molar-refractivity contribution is -0.592. The van der Waals surface area contributed by atoms with Gasteiger partial charge in [-0.05, 0) is 41.5 Å². The molecule has 0 aromatic heterocycles. The Labute approximate surface area is 160 Å². The van der Waals surface area contributed by atoms with Gasteiger partial charge in [-0.25, -0.2) is 4.58 Å². The highest BCUT2D eigenvalue weighted by atomic mass is 15.1. The Kier molecular flexibility index (Phi) is 3.65. The molecule has 4 aromatic carbocycles. The van der Waals surface area contributed by atoms with Crippen molar-refractivity contribution in [1.29, 1.82) is 0 Å². The minimum Gasteiger partial charge on any atom is -0.227 e. The van der Waals surface area contributed by atoms with E-state index < -0.39 is 0 Å². The molecule has 1 heterocycles. The summed E-state index contributed by atoms with van der Waals surface area (Å²) in [6, 6.07) is 27.5. The van der Waals surface area contributed by atoms with Crippen LogP contribution in [0.15, 0.2) is 72.8 Å². The molecule has 1 nitrogen and oxygen atoms in total. The first-order chi connectivity index (χ1) is 13.1. The van der Waals surface area contributed by atoms with Crippen molar-refractivity contribution in [1.82, 2.24) is 0 Å². The van der Waals surface area contributed by atoms with Crippen LogP contribution in [-0.4, -0.2) is 16.8 Å². The summed E-state index contributed by atoms with van der Waals surface area (Å²) < 4.78 is 2.49. The maximum atomic E-state index is 2.49. The maximum Gasteiger partial charge on any atom is 0.176 e. The van der Waals surface area contributed by atoms with E-state index in [1.807, 2.05) is 0 Å². The van der Waals surface area contributed by atoms with Crippen molar-refractivity contribution >= 4 is 27.8 Å². The first kappa shape index (κ1) is 16.3. The average Bonchev–Trinajstić information content (AvgIpc) is 2.83. The van der Waals surface area contributed by atoms with Gasteiger partial charge in [-0.2, -0.15) is 0 Å². The van der Waals surface area contributed by atoms with Gasteiger partial charge in [0.25, 0.3) is 0 Å². The van der Waals surface area contributed by atoms with Gasteiger partial charge >= 0.3 is 0 Å². The van der Waals surface area contributed by atoms with Crippen LogP contribution in [-0.2, 0) is 0 Å². The van der Waals surface area contributed by atoms with E-state index in [4.69, 9.17) is 0 Å². The predicted molar refractivity (Wildman–Crippen MR) is 116 cm³/mol. The van der Waals surface area contributed by atoms with Gasteiger partial charge in [0, 0.05) is 29.2 Å². The van der Waals surface area contributed by atoms with Crippen LogP contribution >= 0.6 is 0 Å². The fourth-order valence-electron chi connectivity index (χ4n) is 4.62. The highest BCUT2D eigenvalue weighted by molar-refractivity contribution is 6.12. The molecule has 0 N–H and O–H groups in total. The Hall–Kier alpha value is -2.93. The standard InChI is InChI=1S/C26H24N/c1-17(2)27-16-21-13-12-19-8-4-6-10-23(19)25(21)26-22(18(27)3)15-14-20-9-5-7-11-24(20)26/h4-18H,1-3H3/q+1/t18-/m1/s1. The lowest BCUT2D eigenvalue weighted by Crippen LogP contribution is -2.24. The van der Waals surface area contributed by atoms with E-state index >= 15 is 0 Å².